The first-order valence-corrected chi connectivity index (χ1v) is 17.2. The Labute approximate surface area is 296 Å². The molecule has 0 saturated carbocycles. The van der Waals surface area contributed by atoms with E-state index in [2.05, 4.69) is 77.8 Å². The Balaban J connectivity index is 1.24. The number of aromatic nitrogens is 4. The minimum atomic E-state index is 0.575. The van der Waals surface area contributed by atoms with Gasteiger partial charge in [-0.05, 0) is 63.7 Å². The SMILES string of the molecule is c1ccc(-c2nc(-c3c(-c4cccc5oc6cc7ccncc7cc6c45)ccc4ccccc34)nc(-c3cccc4oc5ccccc5c34)n2)cc1. The molecule has 6 heteroatoms. The van der Waals surface area contributed by atoms with Crippen molar-refractivity contribution in [3.05, 3.63) is 158 Å². The van der Waals surface area contributed by atoms with Gasteiger partial charge in [0.15, 0.2) is 17.5 Å². The van der Waals surface area contributed by atoms with Gasteiger partial charge in [0.05, 0.1) is 0 Å². The summed E-state index contributed by atoms with van der Waals surface area (Å²) in [5.74, 6) is 1.75. The van der Waals surface area contributed by atoms with Crippen molar-refractivity contribution in [3.8, 4) is 45.3 Å². The number of nitrogens with zero attached hydrogens (tertiary/aromatic N) is 4. The lowest BCUT2D eigenvalue weighted by Gasteiger charge is -2.15. The molecule has 0 spiro atoms. The molecule has 0 aliphatic carbocycles. The minimum absolute atomic E-state index is 0.575. The molecule has 11 aromatic rings. The topological polar surface area (TPSA) is 77.8 Å². The summed E-state index contributed by atoms with van der Waals surface area (Å²) in [5, 5.41) is 8.34. The second-order valence-corrected chi connectivity index (χ2v) is 13.0. The zero-order valence-corrected chi connectivity index (χ0v) is 27.6. The van der Waals surface area contributed by atoms with Gasteiger partial charge in [-0.25, -0.2) is 15.0 Å². The molecule has 0 atom stereocenters. The number of hydrogen-bond acceptors (Lipinski definition) is 6. The molecule has 0 aliphatic heterocycles. The highest BCUT2D eigenvalue weighted by Crippen LogP contribution is 2.44. The highest BCUT2D eigenvalue weighted by molar-refractivity contribution is 6.18. The lowest BCUT2D eigenvalue weighted by atomic mass is 9.91. The summed E-state index contributed by atoms with van der Waals surface area (Å²) in [4.78, 5) is 20.1. The summed E-state index contributed by atoms with van der Waals surface area (Å²) in [6.07, 6.45) is 3.71. The molecule has 0 radical (unpaired) electrons. The Bertz CT molecular complexity index is 3200. The van der Waals surface area contributed by atoms with E-state index in [0.29, 0.717) is 17.5 Å². The van der Waals surface area contributed by atoms with Crippen molar-refractivity contribution in [2.75, 3.05) is 0 Å². The van der Waals surface area contributed by atoms with Crippen LogP contribution in [0, 0.1) is 0 Å². The van der Waals surface area contributed by atoms with Crippen LogP contribution in [0.4, 0.5) is 0 Å². The molecule has 4 aromatic heterocycles. The molecular weight excluding hydrogens is 641 g/mol. The Morgan fingerprint density at radius 1 is 0.385 bits per heavy atom. The molecule has 0 unspecified atom stereocenters. The van der Waals surface area contributed by atoms with E-state index >= 15 is 0 Å². The average Bonchev–Trinajstić information content (AvgIpc) is 3.77. The lowest BCUT2D eigenvalue weighted by molar-refractivity contribution is 0.669. The van der Waals surface area contributed by atoms with Gasteiger partial charge in [0.2, 0.25) is 0 Å². The Morgan fingerprint density at radius 3 is 1.96 bits per heavy atom. The molecule has 7 aromatic carbocycles. The van der Waals surface area contributed by atoms with Crippen molar-refractivity contribution in [2.24, 2.45) is 0 Å². The zero-order valence-electron chi connectivity index (χ0n) is 27.6. The smallest absolute Gasteiger partial charge is 0.165 e. The fourth-order valence-corrected chi connectivity index (χ4v) is 7.65. The van der Waals surface area contributed by atoms with Crippen LogP contribution in [0.2, 0.25) is 0 Å². The van der Waals surface area contributed by atoms with Crippen molar-refractivity contribution in [2.45, 2.75) is 0 Å². The third-order valence-corrected chi connectivity index (χ3v) is 10.0. The van der Waals surface area contributed by atoms with Gasteiger partial charge in [-0.15, -0.1) is 0 Å². The Morgan fingerprint density at radius 2 is 1.08 bits per heavy atom. The van der Waals surface area contributed by atoms with Gasteiger partial charge in [0, 0.05) is 56.0 Å². The lowest BCUT2D eigenvalue weighted by Crippen LogP contribution is -2.02. The number of pyridine rings is 1. The number of hydrogen-bond donors (Lipinski definition) is 0. The van der Waals surface area contributed by atoms with Crippen LogP contribution in [0.3, 0.4) is 0 Å². The summed E-state index contributed by atoms with van der Waals surface area (Å²) < 4.78 is 12.8. The molecule has 242 valence electrons. The molecule has 6 nitrogen and oxygen atoms in total. The fraction of sp³-hybridized carbons (Fsp3) is 0. The van der Waals surface area contributed by atoms with E-state index in [4.69, 9.17) is 23.8 Å². The highest BCUT2D eigenvalue weighted by atomic mass is 16.3. The van der Waals surface area contributed by atoms with Crippen LogP contribution in [0.1, 0.15) is 0 Å². The second-order valence-electron chi connectivity index (χ2n) is 13.0. The van der Waals surface area contributed by atoms with E-state index < -0.39 is 0 Å². The summed E-state index contributed by atoms with van der Waals surface area (Å²) in [7, 11) is 0. The van der Waals surface area contributed by atoms with E-state index in [1.54, 1.807) is 0 Å². The molecule has 0 saturated heterocycles. The van der Waals surface area contributed by atoms with Gasteiger partial charge in [-0.1, -0.05) is 109 Å². The quantitative estimate of drug-likeness (QED) is 0.186. The van der Waals surface area contributed by atoms with Crippen LogP contribution >= 0.6 is 0 Å². The average molecular weight is 667 g/mol. The summed E-state index contributed by atoms with van der Waals surface area (Å²) >= 11 is 0. The highest BCUT2D eigenvalue weighted by Gasteiger charge is 2.23. The Hall–Kier alpha value is -7.18. The third kappa shape index (κ3) is 4.38. The summed E-state index contributed by atoms with van der Waals surface area (Å²) in [6.45, 7) is 0. The van der Waals surface area contributed by atoms with Crippen LogP contribution in [-0.2, 0) is 0 Å². The normalized spacial score (nSPS) is 11.8. The number of benzene rings is 7. The van der Waals surface area contributed by atoms with Gasteiger partial charge in [-0.3, -0.25) is 4.98 Å². The number of furan rings is 2. The molecule has 0 amide bonds. The monoisotopic (exact) mass is 666 g/mol. The summed E-state index contributed by atoms with van der Waals surface area (Å²) in [5.41, 5.74) is 8.00. The number of para-hydroxylation sites is 1. The largest absolute Gasteiger partial charge is 0.456 e. The second kappa shape index (κ2) is 11.2. The van der Waals surface area contributed by atoms with Crippen LogP contribution in [-0.4, -0.2) is 19.9 Å². The van der Waals surface area contributed by atoms with E-state index in [0.717, 1.165) is 93.2 Å². The van der Waals surface area contributed by atoms with E-state index in [-0.39, 0.29) is 0 Å². The van der Waals surface area contributed by atoms with Crippen molar-refractivity contribution < 1.29 is 8.83 Å². The van der Waals surface area contributed by atoms with Crippen molar-refractivity contribution >= 4 is 65.4 Å². The van der Waals surface area contributed by atoms with Crippen molar-refractivity contribution in [1.82, 2.24) is 19.9 Å². The predicted octanol–water partition coefficient (Wildman–Crippen LogP) is 12.0. The van der Waals surface area contributed by atoms with Gasteiger partial charge in [-0.2, -0.15) is 0 Å². The fourth-order valence-electron chi connectivity index (χ4n) is 7.65. The standard InChI is InChI=1S/C46H26N4O2/c1-2-11-28(12-3-1)44-48-45(35-16-9-19-39-42(35)34-14-6-7-17-37(34)51-39)50-46(49-44)43-31-13-5-4-10-27(31)20-21-33(43)32-15-8-18-38-41(32)36-24-30-26-47-23-22-29(30)25-40(36)52-38/h1-26H. The molecule has 52 heavy (non-hydrogen) atoms. The number of fused-ring (bicyclic) bond motifs is 8. The number of rotatable bonds is 4. The molecular formula is C46H26N4O2. The van der Waals surface area contributed by atoms with Gasteiger partial charge < -0.3 is 8.83 Å². The van der Waals surface area contributed by atoms with Crippen molar-refractivity contribution in [1.29, 1.82) is 0 Å². The Kier molecular flexibility index (Phi) is 6.15. The first kappa shape index (κ1) is 28.6. The maximum Gasteiger partial charge on any atom is 0.165 e. The first-order chi connectivity index (χ1) is 25.8. The predicted molar refractivity (Wildman–Crippen MR) is 209 cm³/mol. The maximum atomic E-state index is 6.51. The first-order valence-electron chi connectivity index (χ1n) is 17.2. The van der Waals surface area contributed by atoms with Crippen molar-refractivity contribution in [3.63, 3.8) is 0 Å². The molecule has 0 aliphatic rings. The van der Waals surface area contributed by atoms with Crippen LogP contribution in [0.15, 0.2) is 167 Å². The molecule has 0 fully saturated rings. The van der Waals surface area contributed by atoms with Gasteiger partial charge in [0.1, 0.15) is 22.3 Å². The van der Waals surface area contributed by atoms with E-state index in [9.17, 15) is 0 Å². The van der Waals surface area contributed by atoms with Crippen LogP contribution < -0.4 is 0 Å². The van der Waals surface area contributed by atoms with Gasteiger partial charge in [0.25, 0.3) is 0 Å². The molecule has 4 heterocycles. The third-order valence-electron chi connectivity index (χ3n) is 10.0. The van der Waals surface area contributed by atoms with Crippen LogP contribution in [0.5, 0.6) is 0 Å². The molecule has 0 N–H and O–H groups in total. The van der Waals surface area contributed by atoms with Gasteiger partial charge >= 0.3 is 0 Å². The minimum Gasteiger partial charge on any atom is -0.456 e. The molecule has 11 rings (SSSR count). The zero-order chi connectivity index (χ0) is 34.2. The van der Waals surface area contributed by atoms with E-state index in [1.807, 2.05) is 85.2 Å². The van der Waals surface area contributed by atoms with E-state index in [1.165, 1.54) is 0 Å². The molecule has 0 bridgehead atoms. The van der Waals surface area contributed by atoms with Crippen LogP contribution in [0.25, 0.3) is 111 Å². The summed E-state index contributed by atoms with van der Waals surface area (Å²) in [6, 6.07) is 49.6. The maximum absolute atomic E-state index is 6.51.